The minimum atomic E-state index is -5.26. The fourth-order valence-corrected chi connectivity index (χ4v) is 10.3. The molecule has 3 fully saturated rings. The van der Waals surface area contributed by atoms with E-state index in [1.165, 1.54) is 6.20 Å². The summed E-state index contributed by atoms with van der Waals surface area (Å²) in [5, 5.41) is 9.12. The maximum atomic E-state index is 17.6. The van der Waals surface area contributed by atoms with Crippen LogP contribution in [0.2, 0.25) is 0 Å². The molecule has 0 bridgehead atoms. The number of ether oxygens (including phenoxy) is 2. The molecule has 0 amide bonds. The Balaban J connectivity index is 1.30. The van der Waals surface area contributed by atoms with Gasteiger partial charge in [0.15, 0.2) is 5.82 Å². The predicted octanol–water partition coefficient (Wildman–Crippen LogP) is 8.23. The van der Waals surface area contributed by atoms with E-state index in [1.807, 2.05) is 17.9 Å². The molecule has 4 aliphatic rings. The van der Waals surface area contributed by atoms with E-state index in [0.717, 1.165) is 18.6 Å². The number of anilines is 3. The molecule has 3 atom stereocenters. The Morgan fingerprint density at radius 1 is 1.11 bits per heavy atom. The number of nitrogens with zero attached hydrogens (tertiary/aromatic N) is 6. The number of nitriles is 1. The number of hydrogen-bond donors (Lipinski definition) is 2. The molecule has 3 aliphatic heterocycles. The summed E-state index contributed by atoms with van der Waals surface area (Å²) in [6.45, 7) is 2.13. The summed E-state index contributed by atoms with van der Waals surface area (Å²) in [5.74, 6) is -5.85. The van der Waals surface area contributed by atoms with Gasteiger partial charge in [-0.1, -0.05) is 19.1 Å². The van der Waals surface area contributed by atoms with Crippen molar-refractivity contribution < 1.29 is 40.2 Å². The number of fused-ring (bicyclic) bond motifs is 2. The highest BCUT2D eigenvalue weighted by Crippen LogP contribution is 2.69. The third kappa shape index (κ3) is 5.26. The monoisotopic (exact) mass is 798 g/mol. The van der Waals surface area contributed by atoms with Crippen LogP contribution in [0.15, 0.2) is 30.5 Å². The lowest BCUT2D eigenvalue weighted by molar-refractivity contribution is -0.138. The van der Waals surface area contributed by atoms with Gasteiger partial charge in [-0.3, -0.25) is 4.90 Å². The van der Waals surface area contributed by atoms with Crippen LogP contribution in [-0.2, 0) is 6.18 Å². The molecule has 9 rings (SSSR count). The smallest absolute Gasteiger partial charge is 0.420 e. The number of aromatic nitrogens is 3. The summed E-state index contributed by atoms with van der Waals surface area (Å²) in [5.41, 5.74) is 7.03. The summed E-state index contributed by atoms with van der Waals surface area (Å²) < 4.78 is 120. The summed E-state index contributed by atoms with van der Waals surface area (Å²) in [7, 11) is 0. The Bertz CT molecular complexity index is 2510. The van der Waals surface area contributed by atoms with Gasteiger partial charge in [0.25, 0.3) is 5.92 Å². The van der Waals surface area contributed by atoms with E-state index in [0.29, 0.717) is 36.3 Å². The van der Waals surface area contributed by atoms with Crippen LogP contribution in [0.25, 0.3) is 32.1 Å². The van der Waals surface area contributed by atoms with Gasteiger partial charge in [0, 0.05) is 35.7 Å². The van der Waals surface area contributed by atoms with Crippen LogP contribution in [-0.4, -0.2) is 64.2 Å². The third-order valence-corrected chi connectivity index (χ3v) is 12.9. The van der Waals surface area contributed by atoms with E-state index in [2.05, 4.69) is 15.0 Å². The highest BCUT2D eigenvalue weighted by Gasteiger charge is 2.77. The number of thiophene rings is 1. The van der Waals surface area contributed by atoms with Crippen molar-refractivity contribution in [1.29, 1.82) is 5.26 Å². The topological polar surface area (TPSA) is 139 Å². The van der Waals surface area contributed by atoms with Gasteiger partial charge < -0.3 is 25.8 Å². The van der Waals surface area contributed by atoms with Gasteiger partial charge in [0.1, 0.15) is 58.6 Å². The van der Waals surface area contributed by atoms with Gasteiger partial charge in [-0.25, -0.2) is 22.5 Å². The van der Waals surface area contributed by atoms with Gasteiger partial charge in [-0.05, 0) is 49.9 Å². The van der Waals surface area contributed by atoms with E-state index < -0.39 is 80.1 Å². The Morgan fingerprint density at radius 3 is 2.59 bits per heavy atom. The van der Waals surface area contributed by atoms with Crippen molar-refractivity contribution in [3.63, 3.8) is 0 Å². The lowest BCUT2D eigenvalue weighted by Gasteiger charge is -2.33. The Hall–Kier alpha value is -5.15. The maximum Gasteiger partial charge on any atom is 0.420 e. The van der Waals surface area contributed by atoms with Crippen LogP contribution in [0.5, 0.6) is 11.8 Å². The molecule has 56 heavy (non-hydrogen) atoms. The highest BCUT2D eigenvalue weighted by molar-refractivity contribution is 7.23. The normalized spacial score (nSPS) is 23.3. The van der Waals surface area contributed by atoms with E-state index in [1.54, 1.807) is 17.0 Å². The van der Waals surface area contributed by atoms with Gasteiger partial charge in [-0.2, -0.15) is 28.4 Å². The zero-order valence-corrected chi connectivity index (χ0v) is 30.6. The molecular formula is C38H33F7N8O2S. The Kier molecular flexibility index (Phi) is 8.09. The number of halogens is 7. The van der Waals surface area contributed by atoms with E-state index in [-0.39, 0.29) is 71.4 Å². The fraction of sp³-hybridized carbons (Fsp3) is 0.421. The average molecular weight is 799 g/mol. The molecule has 6 heterocycles. The minimum absolute atomic E-state index is 0.0446. The molecule has 2 saturated heterocycles. The number of nitrogen functional groups attached to an aromatic ring is 2. The Morgan fingerprint density at radius 2 is 1.89 bits per heavy atom. The molecule has 5 aromatic rings. The zero-order chi connectivity index (χ0) is 39.5. The predicted molar refractivity (Wildman–Crippen MR) is 195 cm³/mol. The largest absolute Gasteiger partial charge is 0.490 e. The molecule has 18 heteroatoms. The number of rotatable bonds is 7. The average Bonchev–Trinajstić information content (AvgIpc) is 3.39. The number of benzene rings is 2. The fourth-order valence-electron chi connectivity index (χ4n) is 9.34. The first-order chi connectivity index (χ1) is 26.6. The van der Waals surface area contributed by atoms with E-state index in [9.17, 15) is 14.0 Å². The molecular weight excluding hydrogens is 766 g/mol. The van der Waals surface area contributed by atoms with Crippen LogP contribution in [0.4, 0.5) is 47.4 Å². The lowest BCUT2D eigenvalue weighted by atomic mass is 9.89. The SMILES string of the molecule is CC[C@H](c1cccnc1N)N1CCOc2c(C(F)(F)F)c(-c3ccc(F)c4sc(N)c(C#N)c34)c(F)c3nc(OC[C@@]45CCCN4C[C@@]4(CC4(F)F)C5)nc1c23. The zero-order valence-electron chi connectivity index (χ0n) is 29.7. The van der Waals surface area contributed by atoms with Gasteiger partial charge in [0.05, 0.1) is 39.2 Å². The second-order valence-corrected chi connectivity index (χ2v) is 16.1. The second kappa shape index (κ2) is 12.4. The molecule has 2 aromatic carbocycles. The Labute approximate surface area is 318 Å². The first-order valence-corrected chi connectivity index (χ1v) is 18.9. The lowest BCUT2D eigenvalue weighted by Crippen LogP contribution is -2.43. The number of nitrogens with two attached hydrogens (primary N) is 2. The van der Waals surface area contributed by atoms with Gasteiger partial charge in [-0.15, -0.1) is 11.3 Å². The van der Waals surface area contributed by atoms with Crippen LogP contribution in [0.3, 0.4) is 0 Å². The van der Waals surface area contributed by atoms with Crippen LogP contribution in [0, 0.1) is 28.4 Å². The molecule has 0 radical (unpaired) electrons. The van der Waals surface area contributed by atoms with Crippen molar-refractivity contribution in [3.05, 3.63) is 58.8 Å². The van der Waals surface area contributed by atoms with E-state index >= 15 is 22.0 Å². The van der Waals surface area contributed by atoms with Crippen molar-refractivity contribution in [3.8, 4) is 29.0 Å². The van der Waals surface area contributed by atoms with Crippen LogP contribution in [0.1, 0.15) is 61.8 Å². The number of hydrogen-bond acceptors (Lipinski definition) is 11. The molecule has 1 aliphatic carbocycles. The summed E-state index contributed by atoms with van der Waals surface area (Å²) in [4.78, 5) is 16.9. The van der Waals surface area contributed by atoms with Crippen LogP contribution < -0.4 is 25.8 Å². The van der Waals surface area contributed by atoms with Crippen molar-refractivity contribution >= 4 is 49.0 Å². The second-order valence-electron chi connectivity index (χ2n) is 15.0. The number of alkyl halides is 5. The van der Waals surface area contributed by atoms with Crippen LogP contribution >= 0.6 is 11.3 Å². The molecule has 1 saturated carbocycles. The summed E-state index contributed by atoms with van der Waals surface area (Å²) >= 11 is 0.652. The van der Waals surface area contributed by atoms with Crippen molar-refractivity contribution in [2.45, 2.75) is 62.7 Å². The van der Waals surface area contributed by atoms with Crippen molar-refractivity contribution in [2.75, 3.05) is 49.2 Å². The first kappa shape index (κ1) is 36.5. The molecule has 0 unspecified atom stereocenters. The van der Waals surface area contributed by atoms with Crippen molar-refractivity contribution in [2.24, 2.45) is 5.41 Å². The number of pyridine rings is 1. The van der Waals surface area contributed by atoms with E-state index in [4.69, 9.17) is 20.9 Å². The molecule has 10 nitrogen and oxygen atoms in total. The quantitative estimate of drug-likeness (QED) is 0.155. The third-order valence-electron chi connectivity index (χ3n) is 11.9. The summed E-state index contributed by atoms with van der Waals surface area (Å²) in [6, 6.07) is 6.03. The standard InChI is InChI=1S/C38H33F7N8O2S/c1-2-22(18-5-3-9-49-31(18)47)53-11-12-54-29-25-28(50-34(51-33(25)53)55-17-36-8-4-10-52(36)16-35(14-36)15-37(35,41)42)27(40)24(26(29)38(43,44)45)19-6-7-21(39)30-23(19)20(13-46)32(48)56-30/h3,5-7,9,22H,2,4,8,10-12,14-17,48H2,1H3,(H2,47,49)/t22-,35+,36+/m1/s1. The minimum Gasteiger partial charge on any atom is -0.490 e. The molecule has 292 valence electrons. The summed E-state index contributed by atoms with van der Waals surface area (Å²) in [6.07, 6.45) is -2.15. The molecule has 3 aromatic heterocycles. The first-order valence-electron chi connectivity index (χ1n) is 18.0. The maximum absolute atomic E-state index is 17.6. The van der Waals surface area contributed by atoms with Gasteiger partial charge >= 0.3 is 12.2 Å². The molecule has 4 N–H and O–H groups in total. The van der Waals surface area contributed by atoms with Gasteiger partial charge in [0.2, 0.25) is 0 Å². The molecule has 1 spiro atoms. The van der Waals surface area contributed by atoms with Crippen molar-refractivity contribution in [1.82, 2.24) is 19.9 Å². The highest BCUT2D eigenvalue weighted by atomic mass is 32.1.